The van der Waals surface area contributed by atoms with Gasteiger partial charge in [0.2, 0.25) is 5.91 Å². The molecule has 19 heavy (non-hydrogen) atoms. The van der Waals surface area contributed by atoms with E-state index in [9.17, 15) is 18.0 Å². The van der Waals surface area contributed by atoms with E-state index >= 15 is 0 Å². The van der Waals surface area contributed by atoms with Gasteiger partial charge >= 0.3 is 6.36 Å². The van der Waals surface area contributed by atoms with Crippen molar-refractivity contribution >= 4 is 5.91 Å². The topological polar surface area (TPSA) is 41.6 Å². The predicted molar refractivity (Wildman–Crippen MR) is 63.5 cm³/mol. The van der Waals surface area contributed by atoms with Gasteiger partial charge in [0.15, 0.2) is 0 Å². The summed E-state index contributed by atoms with van der Waals surface area (Å²) in [5.74, 6) is -0.441. The van der Waals surface area contributed by atoms with Crippen LogP contribution in [0.5, 0.6) is 5.75 Å². The number of carbonyl (C=O) groups excluding carboxylic acids is 1. The summed E-state index contributed by atoms with van der Waals surface area (Å²) in [4.78, 5) is 12.9. The smallest absolute Gasteiger partial charge is 0.406 e. The van der Waals surface area contributed by atoms with Crippen molar-refractivity contribution in [2.45, 2.75) is 12.9 Å². The Kier molecular flexibility index (Phi) is 5.17. The van der Waals surface area contributed by atoms with Gasteiger partial charge in [0, 0.05) is 13.6 Å². The second-order valence-electron chi connectivity index (χ2n) is 3.98. The first kappa shape index (κ1) is 15.3. The zero-order valence-electron chi connectivity index (χ0n) is 10.6. The van der Waals surface area contributed by atoms with Crippen LogP contribution in [-0.2, 0) is 11.3 Å². The van der Waals surface area contributed by atoms with E-state index in [-0.39, 0.29) is 24.7 Å². The van der Waals surface area contributed by atoms with Crippen LogP contribution in [0.25, 0.3) is 0 Å². The number of amides is 1. The van der Waals surface area contributed by atoms with Gasteiger partial charge in [-0.2, -0.15) is 0 Å². The fraction of sp³-hybridized carbons (Fsp3) is 0.417. The van der Waals surface area contributed by atoms with Gasteiger partial charge in [-0.25, -0.2) is 0 Å². The molecule has 0 aliphatic carbocycles. The van der Waals surface area contributed by atoms with E-state index in [0.717, 1.165) is 0 Å². The first-order valence-corrected chi connectivity index (χ1v) is 5.55. The number of benzene rings is 1. The fourth-order valence-corrected chi connectivity index (χ4v) is 1.49. The highest BCUT2D eigenvalue weighted by molar-refractivity contribution is 5.77. The van der Waals surface area contributed by atoms with Crippen molar-refractivity contribution in [1.82, 2.24) is 10.2 Å². The number of carbonyl (C=O) groups is 1. The molecule has 1 N–H and O–H groups in total. The van der Waals surface area contributed by atoms with Gasteiger partial charge < -0.3 is 15.0 Å². The third-order valence-electron chi connectivity index (χ3n) is 2.31. The zero-order valence-corrected chi connectivity index (χ0v) is 10.6. The van der Waals surface area contributed by atoms with Crippen LogP contribution in [0.1, 0.15) is 5.56 Å². The van der Waals surface area contributed by atoms with Gasteiger partial charge in [0.25, 0.3) is 0 Å². The zero-order chi connectivity index (χ0) is 14.5. The van der Waals surface area contributed by atoms with Crippen LogP contribution in [0.4, 0.5) is 13.2 Å². The molecule has 4 nitrogen and oxygen atoms in total. The van der Waals surface area contributed by atoms with E-state index in [4.69, 9.17) is 0 Å². The second-order valence-corrected chi connectivity index (χ2v) is 3.98. The molecule has 0 heterocycles. The molecule has 0 saturated carbocycles. The molecule has 0 radical (unpaired) electrons. The first-order valence-electron chi connectivity index (χ1n) is 5.55. The molecule has 0 aromatic heterocycles. The molecule has 7 heteroatoms. The molecular formula is C12H15F3N2O2. The number of rotatable bonds is 5. The molecule has 0 aliphatic heterocycles. The van der Waals surface area contributed by atoms with Gasteiger partial charge in [-0.05, 0) is 24.7 Å². The van der Waals surface area contributed by atoms with Crippen molar-refractivity contribution in [3.05, 3.63) is 29.8 Å². The van der Waals surface area contributed by atoms with Gasteiger partial charge in [0.1, 0.15) is 5.75 Å². The molecular weight excluding hydrogens is 261 g/mol. The summed E-state index contributed by atoms with van der Waals surface area (Å²) < 4.78 is 40.0. The van der Waals surface area contributed by atoms with E-state index in [1.165, 1.54) is 23.1 Å². The minimum atomic E-state index is -4.72. The summed E-state index contributed by atoms with van der Waals surface area (Å²) in [6.45, 7) is 0.394. The van der Waals surface area contributed by atoms with Gasteiger partial charge in [0.05, 0.1) is 6.54 Å². The number of hydrogen-bond donors (Lipinski definition) is 1. The standard InChI is InChI=1S/C12H15F3N2O2/c1-16-7-11(18)17(2)8-9-4-3-5-10(6-9)19-12(13,14)15/h3-6,16H,7-8H2,1-2H3. The Hall–Kier alpha value is -1.76. The highest BCUT2D eigenvalue weighted by Crippen LogP contribution is 2.23. The summed E-state index contributed by atoms with van der Waals surface area (Å²) in [7, 11) is 3.22. The minimum Gasteiger partial charge on any atom is -0.406 e. The minimum absolute atomic E-state index is 0.148. The predicted octanol–water partition coefficient (Wildman–Crippen LogP) is 1.76. The van der Waals surface area contributed by atoms with Gasteiger partial charge in [-0.3, -0.25) is 4.79 Å². The average molecular weight is 276 g/mol. The summed E-state index contributed by atoms with van der Waals surface area (Å²) in [6, 6.07) is 5.56. The van der Waals surface area contributed by atoms with Crippen LogP contribution >= 0.6 is 0 Å². The molecule has 0 spiro atoms. The summed E-state index contributed by atoms with van der Waals surface area (Å²) >= 11 is 0. The molecule has 0 fully saturated rings. The summed E-state index contributed by atoms with van der Waals surface area (Å²) in [5, 5.41) is 2.71. The maximum absolute atomic E-state index is 12.1. The molecule has 1 aromatic carbocycles. The summed E-state index contributed by atoms with van der Waals surface area (Å²) in [5.41, 5.74) is 0.564. The van der Waals surface area contributed by atoms with E-state index in [1.54, 1.807) is 20.2 Å². The maximum Gasteiger partial charge on any atom is 0.573 e. The average Bonchev–Trinajstić information content (AvgIpc) is 2.27. The van der Waals surface area contributed by atoms with Crippen LogP contribution < -0.4 is 10.1 Å². The van der Waals surface area contributed by atoms with Crippen molar-refractivity contribution in [2.75, 3.05) is 20.6 Å². The molecule has 0 atom stereocenters. The Morgan fingerprint density at radius 3 is 2.68 bits per heavy atom. The van der Waals surface area contributed by atoms with Crippen molar-refractivity contribution in [3.8, 4) is 5.75 Å². The Morgan fingerprint density at radius 2 is 2.11 bits per heavy atom. The van der Waals surface area contributed by atoms with E-state index in [1.807, 2.05) is 0 Å². The first-order chi connectivity index (χ1) is 8.81. The lowest BCUT2D eigenvalue weighted by molar-refractivity contribution is -0.274. The van der Waals surface area contributed by atoms with Crippen LogP contribution in [0, 0.1) is 0 Å². The molecule has 0 aliphatic rings. The highest BCUT2D eigenvalue weighted by atomic mass is 19.4. The molecule has 1 rings (SSSR count). The van der Waals surface area contributed by atoms with Crippen molar-refractivity contribution < 1.29 is 22.7 Å². The maximum atomic E-state index is 12.1. The third-order valence-corrected chi connectivity index (χ3v) is 2.31. The largest absolute Gasteiger partial charge is 0.573 e. The lowest BCUT2D eigenvalue weighted by Crippen LogP contribution is -2.33. The lowest BCUT2D eigenvalue weighted by atomic mass is 10.2. The van der Waals surface area contributed by atoms with E-state index in [2.05, 4.69) is 10.1 Å². The summed E-state index contributed by atoms with van der Waals surface area (Å²) in [6.07, 6.45) is -4.72. The number of nitrogens with one attached hydrogen (secondary N) is 1. The Labute approximate surface area is 109 Å². The second kappa shape index (κ2) is 6.42. The molecule has 1 amide bonds. The number of nitrogens with zero attached hydrogens (tertiary/aromatic N) is 1. The molecule has 0 bridgehead atoms. The highest BCUT2D eigenvalue weighted by Gasteiger charge is 2.31. The van der Waals surface area contributed by atoms with Crippen LogP contribution in [0.15, 0.2) is 24.3 Å². The van der Waals surface area contributed by atoms with Crippen molar-refractivity contribution in [3.63, 3.8) is 0 Å². The number of ether oxygens (including phenoxy) is 1. The number of hydrogen-bond acceptors (Lipinski definition) is 3. The van der Waals surface area contributed by atoms with Gasteiger partial charge in [-0.15, -0.1) is 13.2 Å². The monoisotopic (exact) mass is 276 g/mol. The quantitative estimate of drug-likeness (QED) is 0.891. The molecule has 1 aromatic rings. The van der Waals surface area contributed by atoms with Crippen LogP contribution in [-0.4, -0.2) is 37.8 Å². The Bertz CT molecular complexity index is 435. The Balaban J connectivity index is 2.69. The lowest BCUT2D eigenvalue weighted by Gasteiger charge is -2.17. The Morgan fingerprint density at radius 1 is 1.42 bits per heavy atom. The normalized spacial score (nSPS) is 11.2. The van der Waals surface area contributed by atoms with Crippen molar-refractivity contribution in [2.24, 2.45) is 0 Å². The van der Waals surface area contributed by atoms with Crippen LogP contribution in [0.3, 0.4) is 0 Å². The number of halogens is 3. The van der Waals surface area contributed by atoms with Crippen molar-refractivity contribution in [1.29, 1.82) is 0 Å². The molecule has 0 saturated heterocycles. The third kappa shape index (κ3) is 5.60. The van der Waals surface area contributed by atoms with Gasteiger partial charge in [-0.1, -0.05) is 12.1 Å². The SMILES string of the molecule is CNCC(=O)N(C)Cc1cccc(OC(F)(F)F)c1. The van der Waals surface area contributed by atoms with E-state index < -0.39 is 6.36 Å². The molecule has 106 valence electrons. The number of likely N-dealkylation sites (N-methyl/N-ethyl adjacent to an activating group) is 2. The number of alkyl halides is 3. The van der Waals surface area contributed by atoms with Crippen LogP contribution in [0.2, 0.25) is 0 Å². The molecule has 0 unspecified atom stereocenters. The van der Waals surface area contributed by atoms with E-state index in [0.29, 0.717) is 5.56 Å². The fourth-order valence-electron chi connectivity index (χ4n) is 1.49.